The summed E-state index contributed by atoms with van der Waals surface area (Å²) in [4.78, 5) is 9.01. The number of nitriles is 1. The Morgan fingerprint density at radius 2 is 2.27 bits per heavy atom. The number of fused-ring (bicyclic) bond motifs is 1. The molecule has 2 fully saturated rings. The number of ether oxygens (including phenoxy) is 1. The summed E-state index contributed by atoms with van der Waals surface area (Å²) >= 11 is 0. The Bertz CT molecular complexity index is 1140. The van der Waals surface area contributed by atoms with E-state index in [1.165, 1.54) is 0 Å². The number of nitrogens with one attached hydrogen (secondary N) is 2. The van der Waals surface area contributed by atoms with Crippen molar-refractivity contribution in [3.05, 3.63) is 35.7 Å². The first-order chi connectivity index (χ1) is 14.6. The molecule has 1 atom stereocenters. The molecule has 4 heterocycles. The molecule has 2 N–H and O–H groups in total. The predicted octanol–water partition coefficient (Wildman–Crippen LogP) is 3.01. The van der Waals surface area contributed by atoms with Crippen LogP contribution in [0.4, 0.5) is 10.2 Å². The van der Waals surface area contributed by atoms with Gasteiger partial charge >= 0.3 is 0 Å². The standard InChI is InChI=1S/C21H22FN7O/c1-30-17-9-18-25-11-16(29(18)28-19(17)13-3-4-13)15-6-5-14(10-23)20(26-15)27-21(22)7-2-8-24-12-21/h5-6,9,11,13,24H,2-4,7-8,12H2,1H3,(H,26,27)/t21-/m0/s1. The van der Waals surface area contributed by atoms with Crippen molar-refractivity contribution in [2.45, 2.75) is 37.4 Å². The van der Waals surface area contributed by atoms with E-state index < -0.39 is 5.79 Å². The van der Waals surface area contributed by atoms with Gasteiger partial charge in [-0.2, -0.15) is 10.4 Å². The van der Waals surface area contributed by atoms with Gasteiger partial charge in [0.25, 0.3) is 0 Å². The average Bonchev–Trinajstić information content (AvgIpc) is 3.52. The number of methoxy groups -OCH3 is 1. The molecule has 0 radical (unpaired) electrons. The Morgan fingerprint density at radius 1 is 1.40 bits per heavy atom. The SMILES string of the molecule is COc1cc2ncc(-c3ccc(C#N)c(N[C@@]4(F)CCCNC4)n3)n2nc1C1CC1. The molecule has 30 heavy (non-hydrogen) atoms. The smallest absolute Gasteiger partial charge is 0.194 e. The highest BCUT2D eigenvalue weighted by atomic mass is 19.1. The van der Waals surface area contributed by atoms with Crippen LogP contribution in [0.2, 0.25) is 0 Å². The zero-order valence-electron chi connectivity index (χ0n) is 16.7. The van der Waals surface area contributed by atoms with Crippen LogP contribution in [0, 0.1) is 11.3 Å². The minimum absolute atomic E-state index is 0.172. The second-order valence-corrected chi connectivity index (χ2v) is 7.86. The molecule has 3 aromatic heterocycles. The first kappa shape index (κ1) is 18.8. The van der Waals surface area contributed by atoms with Crippen LogP contribution in [0.3, 0.4) is 0 Å². The highest BCUT2D eigenvalue weighted by molar-refractivity contribution is 5.65. The number of alkyl halides is 1. The summed E-state index contributed by atoms with van der Waals surface area (Å²) < 4.78 is 22.4. The van der Waals surface area contributed by atoms with Gasteiger partial charge in [-0.25, -0.2) is 18.9 Å². The number of anilines is 1. The summed E-state index contributed by atoms with van der Waals surface area (Å²) in [5.41, 5.74) is 3.09. The van der Waals surface area contributed by atoms with Crippen LogP contribution in [0.5, 0.6) is 5.75 Å². The normalized spacial score (nSPS) is 21.4. The van der Waals surface area contributed by atoms with Gasteiger partial charge < -0.3 is 15.4 Å². The lowest BCUT2D eigenvalue weighted by Gasteiger charge is -2.31. The van der Waals surface area contributed by atoms with E-state index in [2.05, 4.69) is 26.7 Å². The number of imidazole rings is 1. The quantitative estimate of drug-likeness (QED) is 0.627. The second-order valence-electron chi connectivity index (χ2n) is 7.86. The Labute approximate surface area is 173 Å². The molecule has 0 spiro atoms. The summed E-state index contributed by atoms with van der Waals surface area (Å²) in [5.74, 6) is -0.274. The monoisotopic (exact) mass is 407 g/mol. The molecule has 1 aliphatic heterocycles. The fourth-order valence-electron chi connectivity index (χ4n) is 3.86. The van der Waals surface area contributed by atoms with Gasteiger partial charge in [-0.15, -0.1) is 0 Å². The third-order valence-electron chi connectivity index (χ3n) is 5.62. The minimum atomic E-state index is -1.64. The molecule has 0 bridgehead atoms. The van der Waals surface area contributed by atoms with Crippen LogP contribution in [0.1, 0.15) is 42.9 Å². The molecule has 2 aliphatic rings. The lowest BCUT2D eigenvalue weighted by Crippen LogP contribution is -2.48. The molecular formula is C21H22FN7O. The molecule has 8 nitrogen and oxygen atoms in total. The second kappa shape index (κ2) is 7.22. The van der Waals surface area contributed by atoms with Crippen molar-refractivity contribution in [2.75, 3.05) is 25.5 Å². The molecule has 0 amide bonds. The summed E-state index contributed by atoms with van der Waals surface area (Å²) in [6.07, 6.45) is 4.94. The van der Waals surface area contributed by atoms with Gasteiger partial charge in [-0.1, -0.05) is 0 Å². The van der Waals surface area contributed by atoms with Crippen molar-refractivity contribution in [1.82, 2.24) is 24.9 Å². The average molecular weight is 407 g/mol. The van der Waals surface area contributed by atoms with E-state index >= 15 is 4.39 Å². The van der Waals surface area contributed by atoms with Gasteiger partial charge in [0.1, 0.15) is 29.0 Å². The Hall–Kier alpha value is -3.25. The zero-order valence-corrected chi connectivity index (χ0v) is 16.7. The third kappa shape index (κ3) is 3.33. The van der Waals surface area contributed by atoms with Gasteiger partial charge in [0.05, 0.1) is 24.6 Å². The Balaban J connectivity index is 1.56. The van der Waals surface area contributed by atoms with E-state index in [1.54, 1.807) is 30.0 Å². The van der Waals surface area contributed by atoms with Gasteiger partial charge in [0, 0.05) is 24.9 Å². The zero-order chi connectivity index (χ0) is 20.7. The largest absolute Gasteiger partial charge is 0.495 e. The van der Waals surface area contributed by atoms with Crippen LogP contribution < -0.4 is 15.4 Å². The number of halogens is 1. The molecule has 0 unspecified atom stereocenters. The highest BCUT2D eigenvalue weighted by Gasteiger charge is 2.33. The van der Waals surface area contributed by atoms with Crippen molar-refractivity contribution in [2.24, 2.45) is 0 Å². The number of pyridine rings is 1. The lowest BCUT2D eigenvalue weighted by atomic mass is 10.0. The van der Waals surface area contributed by atoms with Crippen LogP contribution in [-0.2, 0) is 0 Å². The molecular weight excluding hydrogens is 385 g/mol. The van der Waals surface area contributed by atoms with E-state index in [1.807, 2.05) is 6.07 Å². The van der Waals surface area contributed by atoms with Gasteiger partial charge in [-0.3, -0.25) is 0 Å². The van der Waals surface area contributed by atoms with E-state index in [0.29, 0.717) is 41.4 Å². The van der Waals surface area contributed by atoms with Crippen LogP contribution in [0.15, 0.2) is 24.4 Å². The van der Waals surface area contributed by atoms with Gasteiger partial charge in [0.15, 0.2) is 11.4 Å². The van der Waals surface area contributed by atoms with Gasteiger partial charge in [-0.05, 0) is 37.9 Å². The third-order valence-corrected chi connectivity index (χ3v) is 5.62. The summed E-state index contributed by atoms with van der Waals surface area (Å²) in [6, 6.07) is 7.35. The Kier molecular flexibility index (Phi) is 4.51. The molecule has 1 aliphatic carbocycles. The van der Waals surface area contributed by atoms with E-state index in [4.69, 9.17) is 9.84 Å². The van der Waals surface area contributed by atoms with Crippen molar-refractivity contribution >= 4 is 11.5 Å². The number of hydrogen-bond donors (Lipinski definition) is 2. The number of nitrogens with zero attached hydrogens (tertiary/aromatic N) is 5. The molecule has 9 heteroatoms. The molecule has 1 saturated heterocycles. The van der Waals surface area contributed by atoms with Crippen molar-refractivity contribution in [1.29, 1.82) is 5.26 Å². The number of piperidine rings is 1. The van der Waals surface area contributed by atoms with Crippen molar-refractivity contribution < 1.29 is 9.13 Å². The molecule has 1 saturated carbocycles. The fourth-order valence-corrected chi connectivity index (χ4v) is 3.86. The van der Waals surface area contributed by atoms with Crippen molar-refractivity contribution in [3.8, 4) is 23.2 Å². The number of hydrogen-bond acceptors (Lipinski definition) is 7. The molecule has 0 aromatic carbocycles. The summed E-state index contributed by atoms with van der Waals surface area (Å²) in [6.45, 7) is 0.956. The number of aromatic nitrogens is 4. The minimum Gasteiger partial charge on any atom is -0.495 e. The van der Waals surface area contributed by atoms with E-state index in [-0.39, 0.29) is 12.4 Å². The first-order valence-corrected chi connectivity index (χ1v) is 10.1. The lowest BCUT2D eigenvalue weighted by molar-refractivity contribution is 0.155. The van der Waals surface area contributed by atoms with E-state index in [9.17, 15) is 5.26 Å². The maximum atomic E-state index is 15.2. The molecule has 5 rings (SSSR count). The molecule has 3 aromatic rings. The van der Waals surface area contributed by atoms with E-state index in [0.717, 1.165) is 30.8 Å². The molecule has 154 valence electrons. The van der Waals surface area contributed by atoms with Crippen molar-refractivity contribution in [3.63, 3.8) is 0 Å². The Morgan fingerprint density at radius 3 is 2.97 bits per heavy atom. The highest BCUT2D eigenvalue weighted by Crippen LogP contribution is 2.43. The number of rotatable bonds is 5. The fraction of sp³-hybridized carbons (Fsp3) is 0.429. The van der Waals surface area contributed by atoms with Crippen LogP contribution in [-0.4, -0.2) is 45.6 Å². The summed E-state index contributed by atoms with van der Waals surface area (Å²) in [7, 11) is 1.64. The summed E-state index contributed by atoms with van der Waals surface area (Å²) in [5, 5.41) is 20.1. The van der Waals surface area contributed by atoms with Gasteiger partial charge in [0.2, 0.25) is 0 Å². The maximum Gasteiger partial charge on any atom is 0.194 e. The first-order valence-electron chi connectivity index (χ1n) is 10.1. The predicted molar refractivity (Wildman–Crippen MR) is 109 cm³/mol. The van der Waals surface area contributed by atoms with Crippen LogP contribution in [0.25, 0.3) is 17.0 Å². The topological polar surface area (TPSA) is 100 Å². The maximum absolute atomic E-state index is 15.2. The van der Waals surface area contributed by atoms with Crippen LogP contribution >= 0.6 is 0 Å².